The van der Waals surface area contributed by atoms with Gasteiger partial charge in [-0.15, -0.1) is 0 Å². The van der Waals surface area contributed by atoms with Crippen molar-refractivity contribution >= 4 is 29.2 Å². The SMILES string of the molecule is Cc1c(Cl)cccc1NC(N)=Nc1nc(-c2ccccc2)cc(=O)[nH]1. The van der Waals surface area contributed by atoms with Gasteiger partial charge in [-0.1, -0.05) is 48.0 Å². The number of halogens is 1. The van der Waals surface area contributed by atoms with Gasteiger partial charge in [0.2, 0.25) is 11.9 Å². The number of H-pyrrole nitrogens is 1. The van der Waals surface area contributed by atoms with E-state index >= 15 is 0 Å². The highest BCUT2D eigenvalue weighted by Gasteiger charge is 2.06. The second-order valence-electron chi connectivity index (χ2n) is 5.35. The molecule has 0 atom stereocenters. The number of guanidine groups is 1. The molecule has 126 valence electrons. The summed E-state index contributed by atoms with van der Waals surface area (Å²) in [7, 11) is 0. The van der Waals surface area contributed by atoms with Crippen LogP contribution in [0.2, 0.25) is 5.02 Å². The van der Waals surface area contributed by atoms with Crippen molar-refractivity contribution in [3.63, 3.8) is 0 Å². The number of nitrogens with one attached hydrogen (secondary N) is 2. The van der Waals surface area contributed by atoms with Crippen molar-refractivity contribution < 1.29 is 0 Å². The second-order valence-corrected chi connectivity index (χ2v) is 5.76. The van der Waals surface area contributed by atoms with Crippen molar-refractivity contribution in [1.82, 2.24) is 9.97 Å². The first-order chi connectivity index (χ1) is 12.0. The van der Waals surface area contributed by atoms with E-state index in [-0.39, 0.29) is 17.5 Å². The fourth-order valence-electron chi connectivity index (χ4n) is 2.28. The number of hydrogen-bond donors (Lipinski definition) is 3. The Balaban J connectivity index is 1.91. The van der Waals surface area contributed by atoms with Gasteiger partial charge < -0.3 is 11.1 Å². The summed E-state index contributed by atoms with van der Waals surface area (Å²) >= 11 is 6.09. The van der Waals surface area contributed by atoms with Gasteiger partial charge in [0.05, 0.1) is 5.69 Å². The number of anilines is 1. The van der Waals surface area contributed by atoms with Gasteiger partial charge in [-0.05, 0) is 24.6 Å². The molecule has 0 bridgehead atoms. The molecular weight excluding hydrogens is 338 g/mol. The minimum absolute atomic E-state index is 0.0960. The normalized spacial score (nSPS) is 11.4. The van der Waals surface area contributed by atoms with Gasteiger partial charge in [-0.25, -0.2) is 4.98 Å². The van der Waals surface area contributed by atoms with Crippen LogP contribution in [0.1, 0.15) is 5.56 Å². The van der Waals surface area contributed by atoms with Crippen LogP contribution in [-0.2, 0) is 0 Å². The number of benzene rings is 2. The topological polar surface area (TPSA) is 96.2 Å². The minimum atomic E-state index is -0.306. The number of aromatic amines is 1. The van der Waals surface area contributed by atoms with Gasteiger partial charge in [-0.3, -0.25) is 9.78 Å². The van der Waals surface area contributed by atoms with E-state index in [1.54, 1.807) is 12.1 Å². The molecule has 0 spiro atoms. The molecule has 6 nitrogen and oxygen atoms in total. The molecule has 0 aliphatic carbocycles. The quantitative estimate of drug-likeness (QED) is 0.496. The zero-order valence-corrected chi connectivity index (χ0v) is 14.2. The molecule has 0 fully saturated rings. The molecule has 1 aromatic heterocycles. The zero-order chi connectivity index (χ0) is 17.8. The maximum Gasteiger partial charge on any atom is 0.252 e. The van der Waals surface area contributed by atoms with Crippen LogP contribution in [0.15, 0.2) is 64.4 Å². The van der Waals surface area contributed by atoms with E-state index in [2.05, 4.69) is 20.3 Å². The van der Waals surface area contributed by atoms with Crippen LogP contribution in [0, 0.1) is 6.92 Å². The highest BCUT2D eigenvalue weighted by Crippen LogP contribution is 2.23. The number of aromatic nitrogens is 2. The maximum atomic E-state index is 11.9. The van der Waals surface area contributed by atoms with Crippen LogP contribution in [-0.4, -0.2) is 15.9 Å². The third kappa shape index (κ3) is 4.05. The summed E-state index contributed by atoms with van der Waals surface area (Å²) in [5.41, 5.74) is 8.55. The van der Waals surface area contributed by atoms with Gasteiger partial charge in [0.1, 0.15) is 0 Å². The number of rotatable bonds is 3. The summed E-state index contributed by atoms with van der Waals surface area (Å²) in [6, 6.07) is 16.2. The van der Waals surface area contributed by atoms with Crippen LogP contribution in [0.25, 0.3) is 11.3 Å². The molecule has 4 N–H and O–H groups in total. The lowest BCUT2D eigenvalue weighted by Gasteiger charge is -2.09. The van der Waals surface area contributed by atoms with Gasteiger partial charge in [0.25, 0.3) is 5.56 Å². The summed E-state index contributed by atoms with van der Waals surface area (Å²) < 4.78 is 0. The average molecular weight is 354 g/mol. The summed E-state index contributed by atoms with van der Waals surface area (Å²) in [5.74, 6) is 0.217. The lowest BCUT2D eigenvalue weighted by atomic mass is 10.1. The molecule has 0 amide bonds. The fraction of sp³-hybridized carbons (Fsp3) is 0.0556. The predicted octanol–water partition coefficient (Wildman–Crippen LogP) is 3.46. The molecule has 0 saturated heterocycles. The van der Waals surface area contributed by atoms with Crippen molar-refractivity contribution in [2.75, 3.05) is 5.32 Å². The van der Waals surface area contributed by atoms with Crippen molar-refractivity contribution in [3.05, 3.63) is 75.5 Å². The number of nitrogens with two attached hydrogens (primary N) is 1. The summed E-state index contributed by atoms with van der Waals surface area (Å²) in [6.45, 7) is 1.87. The van der Waals surface area contributed by atoms with Crippen LogP contribution < -0.4 is 16.6 Å². The summed E-state index contributed by atoms with van der Waals surface area (Å²) in [5, 5.41) is 3.58. The van der Waals surface area contributed by atoms with Crippen molar-refractivity contribution in [1.29, 1.82) is 0 Å². The fourth-order valence-corrected chi connectivity index (χ4v) is 2.45. The van der Waals surface area contributed by atoms with E-state index in [0.29, 0.717) is 10.7 Å². The standard InChI is InChI=1S/C18H16ClN5O/c1-11-13(19)8-5-9-14(11)21-17(20)24-18-22-15(10-16(25)23-18)12-6-3-2-4-7-12/h2-10H,1H3,(H4,20,21,22,23,24,25). The Morgan fingerprint density at radius 1 is 1.20 bits per heavy atom. The minimum Gasteiger partial charge on any atom is -0.369 e. The molecule has 0 radical (unpaired) electrons. The highest BCUT2D eigenvalue weighted by molar-refractivity contribution is 6.31. The second kappa shape index (κ2) is 7.19. The van der Waals surface area contributed by atoms with Crippen LogP contribution in [0.4, 0.5) is 11.6 Å². The van der Waals surface area contributed by atoms with E-state index in [1.165, 1.54) is 6.07 Å². The van der Waals surface area contributed by atoms with E-state index in [4.69, 9.17) is 17.3 Å². The van der Waals surface area contributed by atoms with Gasteiger partial charge >= 0.3 is 0 Å². The Labute approximate surface area is 149 Å². The molecule has 0 aliphatic rings. The molecule has 1 heterocycles. The third-order valence-electron chi connectivity index (χ3n) is 3.56. The predicted molar refractivity (Wildman–Crippen MR) is 101 cm³/mol. The average Bonchev–Trinajstić information content (AvgIpc) is 2.59. The van der Waals surface area contributed by atoms with Gasteiger partial charge in [-0.2, -0.15) is 4.99 Å². The molecular formula is C18H16ClN5O. The monoisotopic (exact) mass is 353 g/mol. The molecule has 2 aromatic carbocycles. The van der Waals surface area contributed by atoms with Gasteiger partial charge in [0.15, 0.2) is 0 Å². The molecule has 7 heteroatoms. The largest absolute Gasteiger partial charge is 0.369 e. The Bertz CT molecular complexity index is 982. The molecule has 0 saturated carbocycles. The number of nitrogens with zero attached hydrogens (tertiary/aromatic N) is 2. The molecule has 0 aliphatic heterocycles. The first-order valence-electron chi connectivity index (χ1n) is 7.56. The van der Waals surface area contributed by atoms with E-state index in [1.807, 2.05) is 43.3 Å². The lowest BCUT2D eigenvalue weighted by molar-refractivity contribution is 1.10. The Hall–Kier alpha value is -3.12. The van der Waals surface area contributed by atoms with E-state index < -0.39 is 0 Å². The molecule has 25 heavy (non-hydrogen) atoms. The Kier molecular flexibility index (Phi) is 4.81. The lowest BCUT2D eigenvalue weighted by Crippen LogP contribution is -2.23. The first-order valence-corrected chi connectivity index (χ1v) is 7.94. The zero-order valence-electron chi connectivity index (χ0n) is 13.5. The molecule has 0 unspecified atom stereocenters. The first kappa shape index (κ1) is 16.7. The van der Waals surface area contributed by atoms with E-state index in [9.17, 15) is 4.79 Å². The highest BCUT2D eigenvalue weighted by atomic mass is 35.5. The van der Waals surface area contributed by atoms with Crippen LogP contribution >= 0.6 is 11.6 Å². The third-order valence-corrected chi connectivity index (χ3v) is 3.96. The number of hydrogen-bond acceptors (Lipinski definition) is 3. The molecule has 3 rings (SSSR count). The van der Waals surface area contributed by atoms with Crippen LogP contribution in [0.5, 0.6) is 0 Å². The summed E-state index contributed by atoms with van der Waals surface area (Å²) in [4.78, 5) is 22.9. The Morgan fingerprint density at radius 2 is 1.96 bits per heavy atom. The molecule has 3 aromatic rings. The van der Waals surface area contributed by atoms with Crippen molar-refractivity contribution in [2.24, 2.45) is 10.7 Å². The maximum absolute atomic E-state index is 11.9. The van der Waals surface area contributed by atoms with Crippen LogP contribution in [0.3, 0.4) is 0 Å². The van der Waals surface area contributed by atoms with Crippen molar-refractivity contribution in [3.8, 4) is 11.3 Å². The summed E-state index contributed by atoms with van der Waals surface area (Å²) in [6.07, 6.45) is 0. The smallest absolute Gasteiger partial charge is 0.252 e. The van der Waals surface area contributed by atoms with Crippen molar-refractivity contribution in [2.45, 2.75) is 6.92 Å². The Morgan fingerprint density at radius 3 is 2.72 bits per heavy atom. The van der Waals surface area contributed by atoms with E-state index in [0.717, 1.165) is 16.8 Å². The van der Waals surface area contributed by atoms with Gasteiger partial charge in [0, 0.05) is 22.3 Å². The number of aliphatic imine (C=N–C) groups is 1.